The summed E-state index contributed by atoms with van der Waals surface area (Å²) in [4.78, 5) is 16.9. The average molecular weight is 261 g/mol. The first-order valence-corrected chi connectivity index (χ1v) is 6.84. The van der Waals surface area contributed by atoms with E-state index in [1.165, 1.54) is 0 Å². The Bertz CT molecular complexity index is 472. The third-order valence-corrected chi connectivity index (χ3v) is 3.79. The minimum atomic E-state index is 0.125. The van der Waals surface area contributed by atoms with Crippen molar-refractivity contribution in [2.75, 3.05) is 32.4 Å². The van der Waals surface area contributed by atoms with Crippen LogP contribution in [0.1, 0.15) is 29.3 Å². The predicted molar refractivity (Wildman–Crippen MR) is 78.2 cm³/mol. The summed E-state index contributed by atoms with van der Waals surface area (Å²) < 4.78 is 0. The molecule has 1 aromatic carbocycles. The number of anilines is 1. The summed E-state index contributed by atoms with van der Waals surface area (Å²) in [5.41, 5.74) is 8.17. The summed E-state index contributed by atoms with van der Waals surface area (Å²) >= 11 is 0. The first-order valence-electron chi connectivity index (χ1n) is 6.84. The Balaban J connectivity index is 2.22. The summed E-state index contributed by atoms with van der Waals surface area (Å²) in [6.07, 6.45) is 1.03. The van der Waals surface area contributed by atoms with Crippen molar-refractivity contribution < 1.29 is 4.79 Å². The van der Waals surface area contributed by atoms with Gasteiger partial charge in [0.15, 0.2) is 0 Å². The van der Waals surface area contributed by atoms with Crippen LogP contribution in [0.3, 0.4) is 0 Å². The Labute approximate surface area is 115 Å². The average Bonchev–Trinajstić information content (AvgIpc) is 2.49. The third kappa shape index (κ3) is 3.07. The largest absolute Gasteiger partial charge is 0.399 e. The van der Waals surface area contributed by atoms with Crippen molar-refractivity contribution >= 4 is 11.6 Å². The predicted octanol–water partition coefficient (Wildman–Crippen LogP) is 1.74. The summed E-state index contributed by atoms with van der Waals surface area (Å²) in [7, 11) is 2.11. The maximum absolute atomic E-state index is 12.7. The van der Waals surface area contributed by atoms with Crippen LogP contribution in [0.5, 0.6) is 0 Å². The Hall–Kier alpha value is -1.55. The number of nitrogen functional groups attached to an aromatic ring is 1. The van der Waals surface area contributed by atoms with Crippen molar-refractivity contribution in [1.29, 1.82) is 0 Å². The number of benzene rings is 1. The van der Waals surface area contributed by atoms with E-state index in [0.29, 0.717) is 5.69 Å². The fraction of sp³-hybridized carbons (Fsp3) is 0.533. The van der Waals surface area contributed by atoms with Gasteiger partial charge in [-0.3, -0.25) is 4.79 Å². The molecule has 1 fully saturated rings. The van der Waals surface area contributed by atoms with Crippen LogP contribution in [0, 0.1) is 6.92 Å². The maximum Gasteiger partial charge on any atom is 0.254 e. The monoisotopic (exact) mass is 261 g/mol. The first-order chi connectivity index (χ1) is 8.99. The second kappa shape index (κ2) is 5.61. The van der Waals surface area contributed by atoms with Gasteiger partial charge in [-0.05, 0) is 57.6 Å². The molecule has 0 saturated carbocycles. The number of rotatable bonds is 1. The normalized spacial score (nSPS) is 21.2. The Morgan fingerprint density at radius 2 is 2.11 bits per heavy atom. The molecule has 0 radical (unpaired) electrons. The molecule has 19 heavy (non-hydrogen) atoms. The second-order valence-electron chi connectivity index (χ2n) is 5.54. The molecule has 0 bridgehead atoms. The number of nitrogens with zero attached hydrogens (tertiary/aromatic N) is 2. The van der Waals surface area contributed by atoms with Crippen molar-refractivity contribution in [3.05, 3.63) is 29.3 Å². The van der Waals surface area contributed by atoms with Crippen molar-refractivity contribution in [2.24, 2.45) is 0 Å². The molecule has 2 rings (SSSR count). The van der Waals surface area contributed by atoms with E-state index < -0.39 is 0 Å². The molecular formula is C15H23N3O. The van der Waals surface area contributed by atoms with Gasteiger partial charge in [0.1, 0.15) is 0 Å². The lowest BCUT2D eigenvalue weighted by molar-refractivity contribution is 0.0696. The fourth-order valence-electron chi connectivity index (χ4n) is 2.76. The van der Waals surface area contributed by atoms with Gasteiger partial charge in [-0.1, -0.05) is 0 Å². The van der Waals surface area contributed by atoms with Gasteiger partial charge < -0.3 is 15.5 Å². The van der Waals surface area contributed by atoms with E-state index in [2.05, 4.69) is 18.9 Å². The molecule has 2 N–H and O–H groups in total. The number of nitrogens with two attached hydrogens (primary N) is 1. The van der Waals surface area contributed by atoms with Gasteiger partial charge in [0.25, 0.3) is 5.91 Å². The number of carbonyl (C=O) groups excluding carboxylic acids is 1. The summed E-state index contributed by atoms with van der Waals surface area (Å²) in [5.74, 6) is 0.125. The molecule has 1 aromatic rings. The van der Waals surface area contributed by atoms with Crippen LogP contribution in [0.15, 0.2) is 18.2 Å². The van der Waals surface area contributed by atoms with E-state index in [1.54, 1.807) is 6.07 Å². The molecular weight excluding hydrogens is 238 g/mol. The van der Waals surface area contributed by atoms with Crippen LogP contribution in [0.25, 0.3) is 0 Å². The molecule has 0 aromatic heterocycles. The highest BCUT2D eigenvalue weighted by Gasteiger charge is 2.25. The van der Waals surface area contributed by atoms with Crippen LogP contribution in [-0.4, -0.2) is 48.4 Å². The number of hydrogen-bond acceptors (Lipinski definition) is 3. The van der Waals surface area contributed by atoms with Gasteiger partial charge in [-0.25, -0.2) is 0 Å². The molecule has 1 atom stereocenters. The highest BCUT2D eigenvalue weighted by atomic mass is 16.2. The molecule has 0 aliphatic carbocycles. The molecule has 1 aliphatic rings. The Kier molecular flexibility index (Phi) is 4.10. The zero-order valence-electron chi connectivity index (χ0n) is 12.0. The maximum atomic E-state index is 12.7. The molecule has 4 nitrogen and oxygen atoms in total. The van der Waals surface area contributed by atoms with E-state index in [9.17, 15) is 4.79 Å². The Morgan fingerprint density at radius 3 is 2.79 bits per heavy atom. The lowest BCUT2D eigenvalue weighted by Gasteiger charge is -2.28. The minimum Gasteiger partial charge on any atom is -0.399 e. The van der Waals surface area contributed by atoms with Crippen LogP contribution >= 0.6 is 0 Å². The highest BCUT2D eigenvalue weighted by Crippen LogP contribution is 2.18. The number of amides is 1. The Morgan fingerprint density at radius 1 is 1.37 bits per heavy atom. The van der Waals surface area contributed by atoms with Crippen LogP contribution in [0.4, 0.5) is 5.69 Å². The lowest BCUT2D eigenvalue weighted by Crippen LogP contribution is -2.42. The van der Waals surface area contributed by atoms with Crippen LogP contribution in [0.2, 0.25) is 0 Å². The molecule has 1 amide bonds. The van der Waals surface area contributed by atoms with E-state index in [0.717, 1.165) is 37.2 Å². The number of aryl methyl sites for hydroxylation is 1. The third-order valence-electron chi connectivity index (χ3n) is 3.79. The molecule has 1 unspecified atom stereocenters. The standard InChI is InChI=1S/C15H23N3O/c1-11-9-13(16)5-6-14(11)15(19)18-8-4-7-17(3)10-12(18)2/h5-6,9,12H,4,7-8,10,16H2,1-3H3. The zero-order chi connectivity index (χ0) is 14.0. The van der Waals surface area contributed by atoms with Crippen LogP contribution in [-0.2, 0) is 0 Å². The van der Waals surface area contributed by atoms with Crippen molar-refractivity contribution in [3.8, 4) is 0 Å². The van der Waals surface area contributed by atoms with Gasteiger partial charge in [-0.15, -0.1) is 0 Å². The zero-order valence-corrected chi connectivity index (χ0v) is 12.0. The van der Waals surface area contributed by atoms with E-state index in [-0.39, 0.29) is 11.9 Å². The summed E-state index contributed by atoms with van der Waals surface area (Å²) in [6.45, 7) is 6.87. The molecule has 1 aliphatic heterocycles. The first kappa shape index (κ1) is 13.9. The SMILES string of the molecule is Cc1cc(N)ccc1C(=O)N1CCCN(C)CC1C. The number of likely N-dealkylation sites (N-methyl/N-ethyl adjacent to an activating group) is 1. The molecule has 1 saturated heterocycles. The second-order valence-corrected chi connectivity index (χ2v) is 5.54. The fourth-order valence-corrected chi connectivity index (χ4v) is 2.76. The molecule has 0 spiro atoms. The lowest BCUT2D eigenvalue weighted by atomic mass is 10.1. The highest BCUT2D eigenvalue weighted by molar-refractivity contribution is 5.96. The quantitative estimate of drug-likeness (QED) is 0.783. The van der Waals surface area contributed by atoms with Gasteiger partial charge in [0.2, 0.25) is 0 Å². The number of hydrogen-bond donors (Lipinski definition) is 1. The van der Waals surface area contributed by atoms with E-state index in [4.69, 9.17) is 5.73 Å². The van der Waals surface area contributed by atoms with Crippen molar-refractivity contribution in [2.45, 2.75) is 26.3 Å². The van der Waals surface area contributed by atoms with Gasteiger partial charge in [0.05, 0.1) is 0 Å². The van der Waals surface area contributed by atoms with Crippen molar-refractivity contribution in [1.82, 2.24) is 9.80 Å². The molecule has 104 valence electrons. The summed E-state index contributed by atoms with van der Waals surface area (Å²) in [6, 6.07) is 5.75. The smallest absolute Gasteiger partial charge is 0.254 e. The molecule has 4 heteroatoms. The topological polar surface area (TPSA) is 49.6 Å². The van der Waals surface area contributed by atoms with Gasteiger partial charge >= 0.3 is 0 Å². The molecule has 1 heterocycles. The van der Waals surface area contributed by atoms with Gasteiger partial charge in [-0.2, -0.15) is 0 Å². The number of carbonyl (C=O) groups is 1. The van der Waals surface area contributed by atoms with Gasteiger partial charge in [0, 0.05) is 30.4 Å². The van der Waals surface area contributed by atoms with E-state index in [1.807, 2.05) is 24.0 Å². The summed E-state index contributed by atoms with van der Waals surface area (Å²) in [5, 5.41) is 0. The van der Waals surface area contributed by atoms with Crippen molar-refractivity contribution in [3.63, 3.8) is 0 Å². The van der Waals surface area contributed by atoms with E-state index >= 15 is 0 Å². The minimum absolute atomic E-state index is 0.125. The van der Waals surface area contributed by atoms with Crippen LogP contribution < -0.4 is 5.73 Å².